The van der Waals surface area contributed by atoms with E-state index in [1.54, 1.807) is 0 Å². The fourth-order valence-corrected chi connectivity index (χ4v) is 2.03. The van der Waals surface area contributed by atoms with Gasteiger partial charge in [0.25, 0.3) is 0 Å². The summed E-state index contributed by atoms with van der Waals surface area (Å²) in [6.07, 6.45) is 10.2. The van der Waals surface area contributed by atoms with Gasteiger partial charge in [0.15, 0.2) is 0 Å². The summed E-state index contributed by atoms with van der Waals surface area (Å²) >= 11 is 0. The van der Waals surface area contributed by atoms with Crippen LogP contribution in [0.25, 0.3) is 0 Å². The van der Waals surface area contributed by atoms with E-state index in [1.165, 1.54) is 44.9 Å². The van der Waals surface area contributed by atoms with Gasteiger partial charge in [0.2, 0.25) is 0 Å². The molecule has 0 aliphatic heterocycles. The number of aliphatic hydroxyl groups is 1. The maximum absolute atomic E-state index is 9.21. The molecule has 2 atom stereocenters. The fourth-order valence-electron chi connectivity index (χ4n) is 2.03. The zero-order valence-electron chi connectivity index (χ0n) is 11.5. The molecule has 0 bridgehead atoms. The lowest BCUT2D eigenvalue weighted by Gasteiger charge is -2.15. The molecular weight excluding hydrogens is 198 g/mol. The number of nitrogens with one attached hydrogen (secondary N) is 1. The van der Waals surface area contributed by atoms with Crippen LogP contribution in [-0.4, -0.2) is 23.8 Å². The second-order valence-electron chi connectivity index (χ2n) is 5.06. The van der Waals surface area contributed by atoms with Crippen LogP contribution in [0.15, 0.2) is 0 Å². The molecule has 2 nitrogen and oxygen atoms in total. The zero-order chi connectivity index (χ0) is 12.2. The first-order valence-corrected chi connectivity index (χ1v) is 7.08. The molecule has 0 aromatic carbocycles. The highest BCUT2D eigenvalue weighted by Crippen LogP contribution is 2.06. The summed E-state index contributed by atoms with van der Waals surface area (Å²) in [5.74, 6) is 0. The van der Waals surface area contributed by atoms with Gasteiger partial charge in [-0.25, -0.2) is 0 Å². The molecule has 0 aliphatic carbocycles. The highest BCUT2D eigenvalue weighted by molar-refractivity contribution is 4.63. The van der Waals surface area contributed by atoms with E-state index in [4.69, 9.17) is 0 Å². The predicted molar refractivity (Wildman–Crippen MR) is 71.8 cm³/mol. The summed E-state index contributed by atoms with van der Waals surface area (Å²) in [6, 6.07) is 0.445. The molecular formula is C14H31NO. The standard InChI is InChI=1S/C14H31NO/c1-4-5-6-7-8-9-10-11-15-13(2)12-14(3)16/h13-16H,4-12H2,1-3H3. The van der Waals surface area contributed by atoms with Gasteiger partial charge in [0.1, 0.15) is 0 Å². The molecule has 2 heteroatoms. The lowest BCUT2D eigenvalue weighted by atomic mass is 10.1. The minimum absolute atomic E-state index is 0.184. The number of hydrogen-bond donors (Lipinski definition) is 2. The van der Waals surface area contributed by atoms with Crippen LogP contribution in [-0.2, 0) is 0 Å². The van der Waals surface area contributed by atoms with Gasteiger partial charge in [-0.1, -0.05) is 45.4 Å². The third-order valence-corrected chi connectivity index (χ3v) is 2.97. The molecule has 2 unspecified atom stereocenters. The summed E-state index contributed by atoms with van der Waals surface area (Å²) in [5.41, 5.74) is 0. The van der Waals surface area contributed by atoms with Gasteiger partial charge < -0.3 is 10.4 Å². The van der Waals surface area contributed by atoms with Crippen molar-refractivity contribution in [2.24, 2.45) is 0 Å². The van der Waals surface area contributed by atoms with Crippen LogP contribution in [0.3, 0.4) is 0 Å². The predicted octanol–water partition coefficient (Wildman–Crippen LogP) is 3.49. The molecule has 0 radical (unpaired) electrons. The van der Waals surface area contributed by atoms with E-state index in [2.05, 4.69) is 19.2 Å². The smallest absolute Gasteiger partial charge is 0.0526 e. The maximum atomic E-state index is 9.21. The minimum atomic E-state index is -0.184. The van der Waals surface area contributed by atoms with Gasteiger partial charge >= 0.3 is 0 Å². The van der Waals surface area contributed by atoms with Crippen molar-refractivity contribution >= 4 is 0 Å². The molecule has 2 N–H and O–H groups in total. The Morgan fingerprint density at radius 2 is 1.50 bits per heavy atom. The Hall–Kier alpha value is -0.0800. The third kappa shape index (κ3) is 12.0. The van der Waals surface area contributed by atoms with Crippen molar-refractivity contribution in [2.45, 2.75) is 84.3 Å². The van der Waals surface area contributed by atoms with Gasteiger partial charge in [-0.15, -0.1) is 0 Å². The van der Waals surface area contributed by atoms with Crippen LogP contribution < -0.4 is 5.32 Å². The molecule has 16 heavy (non-hydrogen) atoms. The molecule has 0 rings (SSSR count). The average Bonchev–Trinajstić information content (AvgIpc) is 2.21. The summed E-state index contributed by atoms with van der Waals surface area (Å²) in [5, 5.41) is 12.7. The van der Waals surface area contributed by atoms with Gasteiger partial charge in [0, 0.05) is 6.04 Å². The summed E-state index contributed by atoms with van der Waals surface area (Å²) in [4.78, 5) is 0. The van der Waals surface area contributed by atoms with Crippen LogP contribution in [0, 0.1) is 0 Å². The molecule has 0 amide bonds. The second-order valence-corrected chi connectivity index (χ2v) is 5.06. The van der Waals surface area contributed by atoms with Crippen molar-refractivity contribution in [3.8, 4) is 0 Å². The average molecular weight is 229 g/mol. The normalized spacial score (nSPS) is 15.0. The minimum Gasteiger partial charge on any atom is -0.393 e. The lowest BCUT2D eigenvalue weighted by Crippen LogP contribution is -2.29. The largest absolute Gasteiger partial charge is 0.393 e. The first-order chi connectivity index (χ1) is 7.66. The van der Waals surface area contributed by atoms with E-state index in [-0.39, 0.29) is 6.10 Å². The molecule has 0 aromatic heterocycles. The Bertz CT molecular complexity index is 137. The van der Waals surface area contributed by atoms with E-state index in [0.717, 1.165) is 13.0 Å². The number of rotatable bonds is 11. The summed E-state index contributed by atoms with van der Waals surface area (Å²) < 4.78 is 0. The SMILES string of the molecule is CCCCCCCCCNC(C)CC(C)O. The summed E-state index contributed by atoms with van der Waals surface area (Å²) in [7, 11) is 0. The Kier molecular flexibility index (Phi) is 11.3. The van der Waals surface area contributed by atoms with Crippen molar-refractivity contribution in [3.63, 3.8) is 0 Å². The Morgan fingerprint density at radius 3 is 2.06 bits per heavy atom. The van der Waals surface area contributed by atoms with Crippen molar-refractivity contribution in [1.29, 1.82) is 0 Å². The third-order valence-electron chi connectivity index (χ3n) is 2.97. The van der Waals surface area contributed by atoms with Crippen molar-refractivity contribution in [2.75, 3.05) is 6.54 Å². The molecule has 0 aliphatic rings. The quantitative estimate of drug-likeness (QED) is 0.532. The van der Waals surface area contributed by atoms with E-state index in [0.29, 0.717) is 6.04 Å². The first kappa shape index (κ1) is 15.9. The molecule has 98 valence electrons. The van der Waals surface area contributed by atoms with Crippen molar-refractivity contribution < 1.29 is 5.11 Å². The fraction of sp³-hybridized carbons (Fsp3) is 1.00. The van der Waals surface area contributed by atoms with E-state index in [9.17, 15) is 5.11 Å². The number of aliphatic hydroxyl groups excluding tert-OH is 1. The van der Waals surface area contributed by atoms with E-state index < -0.39 is 0 Å². The molecule has 0 saturated heterocycles. The maximum Gasteiger partial charge on any atom is 0.0526 e. The Balaban J connectivity index is 3.08. The molecule has 0 saturated carbocycles. The van der Waals surface area contributed by atoms with Gasteiger partial charge in [-0.2, -0.15) is 0 Å². The van der Waals surface area contributed by atoms with Crippen LogP contribution in [0.5, 0.6) is 0 Å². The topological polar surface area (TPSA) is 32.3 Å². The van der Waals surface area contributed by atoms with Crippen molar-refractivity contribution in [3.05, 3.63) is 0 Å². The second kappa shape index (κ2) is 11.4. The number of hydrogen-bond acceptors (Lipinski definition) is 2. The molecule has 0 spiro atoms. The van der Waals surface area contributed by atoms with Crippen molar-refractivity contribution in [1.82, 2.24) is 5.32 Å². The van der Waals surface area contributed by atoms with Crippen LogP contribution >= 0.6 is 0 Å². The Morgan fingerprint density at radius 1 is 0.938 bits per heavy atom. The van der Waals surface area contributed by atoms with Gasteiger partial charge in [-0.3, -0.25) is 0 Å². The highest BCUT2D eigenvalue weighted by Gasteiger charge is 2.04. The highest BCUT2D eigenvalue weighted by atomic mass is 16.3. The van der Waals surface area contributed by atoms with Gasteiger partial charge in [0.05, 0.1) is 6.10 Å². The Labute approximate surface area is 102 Å². The van der Waals surface area contributed by atoms with Crippen LogP contribution in [0.1, 0.15) is 72.1 Å². The molecule has 0 heterocycles. The van der Waals surface area contributed by atoms with Crippen LogP contribution in [0.4, 0.5) is 0 Å². The molecule has 0 aromatic rings. The monoisotopic (exact) mass is 229 g/mol. The zero-order valence-corrected chi connectivity index (χ0v) is 11.5. The van der Waals surface area contributed by atoms with Crippen LogP contribution in [0.2, 0.25) is 0 Å². The number of unbranched alkanes of at least 4 members (excludes halogenated alkanes) is 6. The summed E-state index contributed by atoms with van der Waals surface area (Å²) in [6.45, 7) is 7.36. The van der Waals surface area contributed by atoms with E-state index in [1.807, 2.05) is 6.92 Å². The van der Waals surface area contributed by atoms with Gasteiger partial charge in [-0.05, 0) is 33.2 Å². The van der Waals surface area contributed by atoms with E-state index >= 15 is 0 Å². The molecule has 0 fully saturated rings. The lowest BCUT2D eigenvalue weighted by molar-refractivity contribution is 0.170. The first-order valence-electron chi connectivity index (χ1n) is 7.08.